The van der Waals surface area contributed by atoms with Crippen molar-refractivity contribution in [2.45, 2.75) is 45.8 Å². The van der Waals surface area contributed by atoms with Crippen molar-refractivity contribution in [1.29, 1.82) is 0 Å². The number of aryl methyl sites for hydroxylation is 1. The molecule has 0 aliphatic carbocycles. The second-order valence-corrected chi connectivity index (χ2v) is 6.76. The number of carbonyl (C=O) groups excluding carboxylic acids is 2. The van der Waals surface area contributed by atoms with Crippen LogP contribution >= 0.6 is 0 Å². The van der Waals surface area contributed by atoms with Crippen molar-refractivity contribution in [3.63, 3.8) is 0 Å². The monoisotopic (exact) mass is 374 g/mol. The van der Waals surface area contributed by atoms with Gasteiger partial charge >= 0.3 is 0 Å². The molecule has 1 N–H and O–H groups in total. The van der Waals surface area contributed by atoms with Gasteiger partial charge in [0.05, 0.1) is 12.6 Å². The molecule has 2 atom stereocenters. The van der Waals surface area contributed by atoms with Gasteiger partial charge in [0.25, 0.3) is 5.91 Å². The zero-order valence-electron chi connectivity index (χ0n) is 16.0. The Morgan fingerprint density at radius 1 is 1.30 bits per heavy atom. The molecule has 3 rings (SSSR count). The van der Waals surface area contributed by atoms with E-state index in [0.29, 0.717) is 32.6 Å². The highest BCUT2D eigenvalue weighted by molar-refractivity contribution is 5.92. The first-order valence-corrected chi connectivity index (χ1v) is 9.31. The van der Waals surface area contributed by atoms with Crippen molar-refractivity contribution < 1.29 is 18.5 Å². The van der Waals surface area contributed by atoms with Crippen LogP contribution in [0, 0.1) is 6.92 Å². The fourth-order valence-corrected chi connectivity index (χ4v) is 3.55. The molecule has 1 aliphatic rings. The minimum atomic E-state index is -0.294. The number of likely N-dealkylation sites (tertiary alicyclic amines) is 1. The molecule has 146 valence electrons. The third-order valence-electron chi connectivity index (χ3n) is 4.92. The molecule has 2 amide bonds. The number of furan rings is 1. The molecule has 0 unspecified atom stereocenters. The fraction of sp³-hybridized carbons (Fsp3) is 0.526. The third-order valence-corrected chi connectivity index (χ3v) is 4.92. The number of nitrogens with one attached hydrogen (secondary N) is 1. The number of aromatic nitrogens is 1. The molecule has 1 aliphatic heterocycles. The van der Waals surface area contributed by atoms with Crippen molar-refractivity contribution in [2.24, 2.45) is 0 Å². The lowest BCUT2D eigenvalue weighted by Gasteiger charge is -2.28. The van der Waals surface area contributed by atoms with Gasteiger partial charge < -0.3 is 19.2 Å². The van der Waals surface area contributed by atoms with Gasteiger partial charge in [0.2, 0.25) is 5.91 Å². The zero-order chi connectivity index (χ0) is 19.4. The Balaban J connectivity index is 1.73. The first-order valence-electron chi connectivity index (χ1n) is 9.31. The van der Waals surface area contributed by atoms with Crippen LogP contribution in [0.4, 0.5) is 0 Å². The first kappa shape index (κ1) is 19.2. The number of likely N-dealkylation sites (N-methyl/N-ethyl adjacent to an activating group) is 1. The van der Waals surface area contributed by atoms with Gasteiger partial charge in [-0.15, -0.1) is 0 Å². The van der Waals surface area contributed by atoms with Crippen molar-refractivity contribution in [3.05, 3.63) is 41.7 Å². The van der Waals surface area contributed by atoms with Crippen molar-refractivity contribution in [1.82, 2.24) is 20.3 Å². The lowest BCUT2D eigenvalue weighted by molar-refractivity contribution is -0.135. The lowest BCUT2D eigenvalue weighted by atomic mass is 10.1. The van der Waals surface area contributed by atoms with E-state index in [0.717, 1.165) is 11.5 Å². The summed E-state index contributed by atoms with van der Waals surface area (Å²) < 4.78 is 10.4. The Hall–Kier alpha value is -2.61. The molecule has 0 aromatic carbocycles. The maximum absolute atomic E-state index is 13.0. The molecule has 1 saturated heterocycles. The van der Waals surface area contributed by atoms with Gasteiger partial charge in [-0.1, -0.05) is 5.16 Å². The van der Waals surface area contributed by atoms with Crippen molar-refractivity contribution >= 4 is 11.8 Å². The standard InChI is InChI=1S/C19H26N4O4/c1-4-22(5-2)19(25)17-10-14(20-18(24)16-8-9-26-21-16)11-23(17)12-15-7-6-13(3)27-15/h6-9,14,17H,4-5,10-12H2,1-3H3,(H,20,24)/t14-,17-/m0/s1. The highest BCUT2D eigenvalue weighted by Crippen LogP contribution is 2.23. The summed E-state index contributed by atoms with van der Waals surface area (Å²) in [5, 5.41) is 6.62. The summed E-state index contributed by atoms with van der Waals surface area (Å²) in [6.07, 6.45) is 1.92. The van der Waals surface area contributed by atoms with Crippen LogP contribution in [-0.4, -0.2) is 58.5 Å². The van der Waals surface area contributed by atoms with Gasteiger partial charge in [-0.25, -0.2) is 0 Å². The number of carbonyl (C=O) groups is 2. The van der Waals surface area contributed by atoms with Crippen molar-refractivity contribution in [3.8, 4) is 0 Å². The average molecular weight is 374 g/mol. The van der Waals surface area contributed by atoms with E-state index in [4.69, 9.17) is 8.94 Å². The van der Waals surface area contributed by atoms with E-state index in [9.17, 15) is 9.59 Å². The van der Waals surface area contributed by atoms with Gasteiger partial charge in [-0.2, -0.15) is 0 Å². The molecule has 0 radical (unpaired) electrons. The van der Waals surface area contributed by atoms with Crippen LogP contribution < -0.4 is 5.32 Å². The summed E-state index contributed by atoms with van der Waals surface area (Å²) in [6.45, 7) is 8.27. The second-order valence-electron chi connectivity index (χ2n) is 6.76. The number of amides is 2. The van der Waals surface area contributed by atoms with Crippen LogP contribution in [0.2, 0.25) is 0 Å². The van der Waals surface area contributed by atoms with E-state index in [1.54, 1.807) is 0 Å². The van der Waals surface area contributed by atoms with E-state index in [1.807, 2.05) is 37.8 Å². The van der Waals surface area contributed by atoms with Gasteiger partial charge in [0.1, 0.15) is 17.8 Å². The SMILES string of the molecule is CCN(CC)C(=O)[C@@H]1C[C@H](NC(=O)c2ccon2)CN1Cc1ccc(C)o1. The molecule has 0 spiro atoms. The van der Waals surface area contributed by atoms with E-state index in [1.165, 1.54) is 12.3 Å². The van der Waals surface area contributed by atoms with E-state index in [-0.39, 0.29) is 29.6 Å². The molecule has 2 aromatic heterocycles. The number of nitrogens with zero attached hydrogens (tertiary/aromatic N) is 3. The Bertz CT molecular complexity index is 767. The largest absolute Gasteiger partial charge is 0.465 e. The van der Waals surface area contributed by atoms with E-state index in [2.05, 4.69) is 15.4 Å². The molecule has 0 saturated carbocycles. The predicted octanol–water partition coefficient (Wildman–Crippen LogP) is 1.82. The Labute approximate surface area is 158 Å². The molecule has 2 aromatic rings. The van der Waals surface area contributed by atoms with Crippen LogP contribution in [0.5, 0.6) is 0 Å². The highest BCUT2D eigenvalue weighted by atomic mass is 16.5. The average Bonchev–Trinajstić information content (AvgIpc) is 3.38. The van der Waals surface area contributed by atoms with Gasteiger partial charge in [0.15, 0.2) is 5.69 Å². The van der Waals surface area contributed by atoms with Crippen LogP contribution in [0.3, 0.4) is 0 Å². The van der Waals surface area contributed by atoms with Crippen LogP contribution in [-0.2, 0) is 11.3 Å². The highest BCUT2D eigenvalue weighted by Gasteiger charge is 2.39. The molecular formula is C19H26N4O4. The first-order chi connectivity index (χ1) is 13.0. The molecule has 3 heterocycles. The molecule has 8 heteroatoms. The molecule has 1 fully saturated rings. The normalized spacial score (nSPS) is 20.0. The van der Waals surface area contributed by atoms with Crippen molar-refractivity contribution in [2.75, 3.05) is 19.6 Å². The summed E-state index contributed by atoms with van der Waals surface area (Å²) in [6, 6.07) is 4.92. The lowest BCUT2D eigenvalue weighted by Crippen LogP contribution is -2.45. The minimum Gasteiger partial charge on any atom is -0.465 e. The summed E-state index contributed by atoms with van der Waals surface area (Å²) >= 11 is 0. The second kappa shape index (κ2) is 8.39. The summed E-state index contributed by atoms with van der Waals surface area (Å²) in [5.74, 6) is 1.44. The van der Waals surface area contributed by atoms with E-state index < -0.39 is 0 Å². The van der Waals surface area contributed by atoms with Crippen LogP contribution in [0.1, 0.15) is 42.3 Å². The fourth-order valence-electron chi connectivity index (χ4n) is 3.55. The summed E-state index contributed by atoms with van der Waals surface area (Å²) in [5.41, 5.74) is 0.238. The Morgan fingerprint density at radius 3 is 2.67 bits per heavy atom. The zero-order valence-corrected chi connectivity index (χ0v) is 16.0. The maximum atomic E-state index is 13.0. The number of rotatable bonds is 7. The molecule has 0 bridgehead atoms. The van der Waals surface area contributed by atoms with Gasteiger partial charge in [-0.3, -0.25) is 14.5 Å². The predicted molar refractivity (Wildman–Crippen MR) is 97.9 cm³/mol. The van der Waals surface area contributed by atoms with Gasteiger partial charge in [0, 0.05) is 31.7 Å². The molecule has 27 heavy (non-hydrogen) atoms. The Kier molecular flexibility index (Phi) is 5.95. The third kappa shape index (κ3) is 4.39. The smallest absolute Gasteiger partial charge is 0.273 e. The topological polar surface area (TPSA) is 91.8 Å². The molecular weight excluding hydrogens is 348 g/mol. The summed E-state index contributed by atoms with van der Waals surface area (Å²) in [7, 11) is 0. The van der Waals surface area contributed by atoms with E-state index >= 15 is 0 Å². The minimum absolute atomic E-state index is 0.0847. The van der Waals surface area contributed by atoms with Crippen LogP contribution in [0.25, 0.3) is 0 Å². The quantitative estimate of drug-likeness (QED) is 0.795. The summed E-state index contributed by atoms with van der Waals surface area (Å²) in [4.78, 5) is 29.2. The maximum Gasteiger partial charge on any atom is 0.273 e. The molecule has 8 nitrogen and oxygen atoms in total. The Morgan fingerprint density at radius 2 is 2.07 bits per heavy atom. The number of hydrogen-bond acceptors (Lipinski definition) is 6. The van der Waals surface area contributed by atoms with Crippen LogP contribution in [0.15, 0.2) is 33.4 Å². The number of hydrogen-bond donors (Lipinski definition) is 1. The van der Waals surface area contributed by atoms with Gasteiger partial charge in [-0.05, 0) is 39.3 Å².